The van der Waals surface area contributed by atoms with Crippen LogP contribution in [0.5, 0.6) is 11.5 Å². The number of amides is 1. The Morgan fingerprint density at radius 2 is 1.88 bits per heavy atom. The molecule has 0 atom stereocenters. The van der Waals surface area contributed by atoms with E-state index in [-0.39, 0.29) is 10.8 Å². The molecule has 1 aliphatic rings. The van der Waals surface area contributed by atoms with E-state index in [1.54, 1.807) is 0 Å². The van der Waals surface area contributed by atoms with Crippen LogP contribution in [0.1, 0.15) is 12.8 Å². The van der Waals surface area contributed by atoms with Crippen molar-refractivity contribution in [2.75, 3.05) is 19.1 Å². The van der Waals surface area contributed by atoms with Crippen molar-refractivity contribution in [2.45, 2.75) is 17.7 Å². The lowest BCUT2D eigenvalue weighted by molar-refractivity contribution is -0.149. The number of halogens is 2. The van der Waals surface area contributed by atoms with Crippen LogP contribution >= 0.6 is 35.0 Å². The third kappa shape index (κ3) is 5.20. The van der Waals surface area contributed by atoms with Gasteiger partial charge in [-0.3, -0.25) is 4.84 Å². The Hall–Kier alpha value is -1.60. The van der Waals surface area contributed by atoms with Crippen molar-refractivity contribution in [3.8, 4) is 11.5 Å². The van der Waals surface area contributed by atoms with Gasteiger partial charge in [0.25, 0.3) is 0 Å². The van der Waals surface area contributed by atoms with Crippen LogP contribution in [0, 0.1) is 0 Å². The average Bonchev–Trinajstić information content (AvgIpc) is 2.66. The summed E-state index contributed by atoms with van der Waals surface area (Å²) in [7, 11) is 0. The molecule has 0 saturated carbocycles. The number of hydrogen-bond donors (Lipinski definition) is 0. The molecule has 1 fully saturated rings. The molecule has 2 aromatic carbocycles. The topological polar surface area (TPSA) is 48.0 Å². The van der Waals surface area contributed by atoms with E-state index in [1.165, 1.54) is 29.0 Å². The maximum Gasteiger partial charge on any atom is 0.439 e. The van der Waals surface area contributed by atoms with Gasteiger partial charge in [-0.05, 0) is 31.0 Å². The van der Waals surface area contributed by atoms with Crippen LogP contribution in [0.25, 0.3) is 0 Å². The van der Waals surface area contributed by atoms with Crippen molar-refractivity contribution in [1.29, 1.82) is 0 Å². The molecule has 1 aliphatic heterocycles. The molecule has 0 aromatic heterocycles. The molecule has 0 N–H and O–H groups in total. The van der Waals surface area contributed by atoms with Gasteiger partial charge in [0.05, 0.1) is 23.2 Å². The highest BCUT2D eigenvalue weighted by molar-refractivity contribution is 7.99. The van der Waals surface area contributed by atoms with Gasteiger partial charge in [-0.25, -0.2) is 4.79 Å². The summed E-state index contributed by atoms with van der Waals surface area (Å²) in [6, 6.07) is 12.8. The maximum absolute atomic E-state index is 12.2. The van der Waals surface area contributed by atoms with Crippen molar-refractivity contribution in [2.24, 2.45) is 0 Å². The number of nitrogens with zero attached hydrogens (tertiary/aromatic N) is 1. The first-order valence-corrected chi connectivity index (χ1v) is 9.79. The molecule has 138 valence electrons. The predicted molar refractivity (Wildman–Crippen MR) is 102 cm³/mol. The van der Waals surface area contributed by atoms with Gasteiger partial charge in [-0.2, -0.15) is 5.06 Å². The summed E-state index contributed by atoms with van der Waals surface area (Å²) < 4.78 is 11.0. The van der Waals surface area contributed by atoms with Crippen molar-refractivity contribution < 1.29 is 19.1 Å². The second-order valence-electron chi connectivity index (χ2n) is 5.44. The first-order valence-electron chi connectivity index (χ1n) is 8.05. The van der Waals surface area contributed by atoms with Crippen LogP contribution in [0.15, 0.2) is 47.4 Å². The van der Waals surface area contributed by atoms with E-state index in [0.717, 1.165) is 17.7 Å². The van der Waals surface area contributed by atoms with Gasteiger partial charge < -0.3 is 9.47 Å². The Kier molecular flexibility index (Phi) is 6.91. The molecule has 1 saturated heterocycles. The Bertz CT molecular complexity index is 754. The minimum absolute atomic E-state index is 0.176. The molecule has 26 heavy (non-hydrogen) atoms. The molecule has 0 spiro atoms. The van der Waals surface area contributed by atoms with E-state index >= 15 is 0 Å². The second-order valence-corrected chi connectivity index (χ2v) is 7.25. The fourth-order valence-corrected chi connectivity index (χ4v) is 3.41. The van der Waals surface area contributed by atoms with E-state index in [4.69, 9.17) is 37.5 Å². The summed E-state index contributed by atoms with van der Waals surface area (Å²) >= 11 is 13.8. The third-order valence-electron chi connectivity index (χ3n) is 3.57. The molecular weight excluding hydrogens is 397 g/mol. The minimum Gasteiger partial charge on any atom is -0.481 e. The standard InChI is InChI=1S/C18H17Cl2NO4S/c19-14-10-15(20)17(25-18(22)21-8-4-5-9-24-21)11-16(14)23-12-26-13-6-2-1-3-7-13/h1-3,6-7,10-11H,4-5,8-9,12H2. The maximum atomic E-state index is 12.2. The van der Waals surface area contributed by atoms with Crippen LogP contribution in [-0.2, 0) is 4.84 Å². The Morgan fingerprint density at radius 3 is 2.62 bits per heavy atom. The lowest BCUT2D eigenvalue weighted by atomic mass is 10.3. The number of hydrogen-bond acceptors (Lipinski definition) is 5. The van der Waals surface area contributed by atoms with Crippen molar-refractivity contribution >= 4 is 41.1 Å². The molecular formula is C18H17Cl2NO4S. The van der Waals surface area contributed by atoms with E-state index in [1.807, 2.05) is 30.3 Å². The quantitative estimate of drug-likeness (QED) is 0.468. The summed E-state index contributed by atoms with van der Waals surface area (Å²) in [6.45, 7) is 0.982. The largest absolute Gasteiger partial charge is 0.481 e. The first kappa shape index (κ1) is 19.2. The monoisotopic (exact) mass is 413 g/mol. The fraction of sp³-hybridized carbons (Fsp3) is 0.278. The minimum atomic E-state index is -0.612. The molecule has 0 unspecified atom stereocenters. The van der Waals surface area contributed by atoms with E-state index in [0.29, 0.717) is 29.9 Å². The Balaban J connectivity index is 1.63. The van der Waals surface area contributed by atoms with Gasteiger partial charge in [0, 0.05) is 11.0 Å². The number of carbonyl (C=O) groups excluding carboxylic acids is 1. The van der Waals surface area contributed by atoms with Gasteiger partial charge in [0.2, 0.25) is 0 Å². The van der Waals surface area contributed by atoms with Gasteiger partial charge >= 0.3 is 6.09 Å². The smallest absolute Gasteiger partial charge is 0.439 e. The summed E-state index contributed by atoms with van der Waals surface area (Å²) in [5.74, 6) is 0.922. The molecule has 1 heterocycles. The average molecular weight is 414 g/mol. The lowest BCUT2D eigenvalue weighted by Gasteiger charge is -2.25. The van der Waals surface area contributed by atoms with Crippen molar-refractivity contribution in [1.82, 2.24) is 5.06 Å². The van der Waals surface area contributed by atoms with Crippen LogP contribution < -0.4 is 9.47 Å². The highest BCUT2D eigenvalue weighted by atomic mass is 35.5. The van der Waals surface area contributed by atoms with Crippen LogP contribution in [-0.4, -0.2) is 30.2 Å². The molecule has 0 radical (unpaired) electrons. The predicted octanol–water partition coefficient (Wildman–Crippen LogP) is 5.65. The summed E-state index contributed by atoms with van der Waals surface area (Å²) in [5, 5.41) is 1.77. The van der Waals surface area contributed by atoms with Gasteiger partial charge in [-0.1, -0.05) is 53.2 Å². The highest BCUT2D eigenvalue weighted by Gasteiger charge is 2.21. The molecule has 8 heteroatoms. The number of ether oxygens (including phenoxy) is 2. The third-order valence-corrected chi connectivity index (χ3v) is 5.01. The van der Waals surface area contributed by atoms with Crippen LogP contribution in [0.3, 0.4) is 0 Å². The number of benzene rings is 2. The molecule has 2 aromatic rings. The Morgan fingerprint density at radius 1 is 1.12 bits per heavy atom. The van der Waals surface area contributed by atoms with Crippen molar-refractivity contribution in [3.63, 3.8) is 0 Å². The normalized spacial score (nSPS) is 14.2. The molecule has 0 bridgehead atoms. The molecule has 1 amide bonds. The van der Waals surface area contributed by atoms with Crippen LogP contribution in [0.4, 0.5) is 4.79 Å². The molecule has 3 rings (SSSR count). The van der Waals surface area contributed by atoms with E-state index in [2.05, 4.69) is 0 Å². The van der Waals surface area contributed by atoms with Crippen LogP contribution in [0.2, 0.25) is 10.0 Å². The second kappa shape index (κ2) is 9.37. The first-order chi connectivity index (χ1) is 12.6. The van der Waals surface area contributed by atoms with E-state index in [9.17, 15) is 4.79 Å². The number of hydroxylamine groups is 2. The zero-order valence-corrected chi connectivity index (χ0v) is 16.1. The van der Waals surface area contributed by atoms with Crippen molar-refractivity contribution in [3.05, 3.63) is 52.5 Å². The van der Waals surface area contributed by atoms with Gasteiger partial charge in [-0.15, -0.1) is 0 Å². The lowest BCUT2D eigenvalue weighted by Crippen LogP contribution is -2.37. The van der Waals surface area contributed by atoms with Gasteiger partial charge in [0.15, 0.2) is 5.75 Å². The van der Waals surface area contributed by atoms with Gasteiger partial charge in [0.1, 0.15) is 11.7 Å². The summed E-state index contributed by atoms with van der Waals surface area (Å²) in [4.78, 5) is 18.5. The zero-order chi connectivity index (χ0) is 18.4. The summed E-state index contributed by atoms with van der Waals surface area (Å²) in [5.41, 5.74) is 0. The SMILES string of the molecule is O=C(Oc1cc(OCSc2ccccc2)c(Cl)cc1Cl)N1CCCCO1. The van der Waals surface area contributed by atoms with E-state index < -0.39 is 6.09 Å². The number of thioether (sulfide) groups is 1. The molecule has 5 nitrogen and oxygen atoms in total. The Labute approximate surface area is 166 Å². The fourth-order valence-electron chi connectivity index (χ4n) is 2.26. The zero-order valence-electron chi connectivity index (χ0n) is 13.8. The molecule has 0 aliphatic carbocycles. The number of rotatable bonds is 5. The highest BCUT2D eigenvalue weighted by Crippen LogP contribution is 2.37. The summed E-state index contributed by atoms with van der Waals surface area (Å²) in [6.07, 6.45) is 1.18. The number of carbonyl (C=O) groups is 1.